The zero-order chi connectivity index (χ0) is 17.5. The molecule has 1 heterocycles. The van der Waals surface area contributed by atoms with E-state index in [9.17, 15) is 4.79 Å². The Kier molecular flexibility index (Phi) is 5.90. The number of benzene rings is 2. The second-order valence-electron chi connectivity index (χ2n) is 6.00. The third-order valence-electron chi connectivity index (χ3n) is 4.22. The summed E-state index contributed by atoms with van der Waals surface area (Å²) < 4.78 is 11.4. The predicted molar refractivity (Wildman–Crippen MR) is 97.0 cm³/mol. The number of hydrogen-bond donors (Lipinski definition) is 1. The van der Waals surface area contributed by atoms with Crippen LogP contribution in [0.5, 0.6) is 11.5 Å². The quantitative estimate of drug-likeness (QED) is 0.904. The minimum Gasteiger partial charge on any atom is -0.457 e. The first kappa shape index (κ1) is 17.3. The van der Waals surface area contributed by atoms with Crippen LogP contribution in [0.4, 0.5) is 4.79 Å². The lowest BCUT2D eigenvalue weighted by Crippen LogP contribution is -2.46. The maximum absolute atomic E-state index is 12.1. The average molecular weight is 340 g/mol. The molecule has 132 valence electrons. The van der Waals surface area contributed by atoms with Crippen LogP contribution in [0.15, 0.2) is 48.5 Å². The fourth-order valence-corrected chi connectivity index (χ4v) is 2.80. The largest absolute Gasteiger partial charge is 0.457 e. The van der Waals surface area contributed by atoms with Crippen molar-refractivity contribution >= 4 is 6.09 Å². The van der Waals surface area contributed by atoms with Gasteiger partial charge in [-0.3, -0.25) is 0 Å². The van der Waals surface area contributed by atoms with Gasteiger partial charge in [-0.05, 0) is 35.7 Å². The Balaban J connectivity index is 1.60. The number of hydrogen-bond acceptors (Lipinski definition) is 4. The molecular formula is C20H24N2O3. The molecule has 1 aliphatic rings. The van der Waals surface area contributed by atoms with E-state index in [1.54, 1.807) is 4.90 Å². The van der Waals surface area contributed by atoms with Crippen molar-refractivity contribution in [3.8, 4) is 11.5 Å². The van der Waals surface area contributed by atoms with E-state index in [0.29, 0.717) is 13.1 Å². The molecule has 3 rings (SSSR count). The van der Waals surface area contributed by atoms with E-state index >= 15 is 0 Å². The molecule has 2 aromatic carbocycles. The summed E-state index contributed by atoms with van der Waals surface area (Å²) in [5.74, 6) is 1.61. The summed E-state index contributed by atoms with van der Waals surface area (Å²) in [6, 6.07) is 15.7. The molecule has 5 nitrogen and oxygen atoms in total. The highest BCUT2D eigenvalue weighted by Crippen LogP contribution is 2.26. The van der Waals surface area contributed by atoms with Crippen LogP contribution in [0.2, 0.25) is 0 Å². The van der Waals surface area contributed by atoms with E-state index in [4.69, 9.17) is 9.47 Å². The molecule has 1 aliphatic heterocycles. The Morgan fingerprint density at radius 3 is 2.72 bits per heavy atom. The van der Waals surface area contributed by atoms with E-state index in [0.717, 1.165) is 42.1 Å². The van der Waals surface area contributed by atoms with E-state index in [1.807, 2.05) is 42.5 Å². The normalized spacial score (nSPS) is 14.2. The number of aryl methyl sites for hydroxylation is 1. The average Bonchev–Trinajstić information content (AvgIpc) is 2.67. The second kappa shape index (κ2) is 8.53. The molecule has 1 saturated heterocycles. The van der Waals surface area contributed by atoms with E-state index < -0.39 is 0 Å². The van der Waals surface area contributed by atoms with Gasteiger partial charge in [-0.2, -0.15) is 0 Å². The molecule has 25 heavy (non-hydrogen) atoms. The number of amides is 1. The fraction of sp³-hybridized carbons (Fsp3) is 0.350. The van der Waals surface area contributed by atoms with Crippen LogP contribution in [0.25, 0.3) is 0 Å². The third-order valence-corrected chi connectivity index (χ3v) is 4.22. The molecule has 2 aromatic rings. The standard InChI is InChI=1S/C20H24N2O3/c1-2-17-7-3-4-9-19(17)25-18-8-5-6-16(14-18)15-24-20(23)22-12-10-21-11-13-22/h3-9,14,21H,2,10-13,15H2,1H3. The topological polar surface area (TPSA) is 50.8 Å². The minimum atomic E-state index is -0.260. The van der Waals surface area contributed by atoms with Gasteiger partial charge in [-0.1, -0.05) is 37.3 Å². The molecule has 0 aromatic heterocycles. The van der Waals surface area contributed by atoms with E-state index in [1.165, 1.54) is 0 Å². The van der Waals surface area contributed by atoms with Crippen molar-refractivity contribution in [2.45, 2.75) is 20.0 Å². The summed E-state index contributed by atoms with van der Waals surface area (Å²) in [5, 5.41) is 3.22. The van der Waals surface area contributed by atoms with E-state index in [2.05, 4.69) is 18.3 Å². The van der Waals surface area contributed by atoms with Gasteiger partial charge < -0.3 is 19.7 Å². The molecular weight excluding hydrogens is 316 g/mol. The summed E-state index contributed by atoms with van der Waals surface area (Å²) in [6.07, 6.45) is 0.655. The SMILES string of the molecule is CCc1ccccc1Oc1cccc(COC(=O)N2CCNCC2)c1. The monoisotopic (exact) mass is 340 g/mol. The lowest BCUT2D eigenvalue weighted by molar-refractivity contribution is 0.0918. The van der Waals surface area contributed by atoms with Gasteiger partial charge >= 0.3 is 6.09 Å². The summed E-state index contributed by atoms with van der Waals surface area (Å²) in [6.45, 7) is 5.36. The molecule has 0 radical (unpaired) electrons. The highest BCUT2D eigenvalue weighted by atomic mass is 16.6. The summed E-state index contributed by atoms with van der Waals surface area (Å²) in [5.41, 5.74) is 2.08. The Morgan fingerprint density at radius 1 is 1.12 bits per heavy atom. The number of carbonyl (C=O) groups excluding carboxylic acids is 1. The van der Waals surface area contributed by atoms with Gasteiger partial charge in [0.2, 0.25) is 0 Å². The highest BCUT2D eigenvalue weighted by Gasteiger charge is 2.17. The zero-order valence-electron chi connectivity index (χ0n) is 14.5. The Bertz CT molecular complexity index is 712. The van der Waals surface area contributed by atoms with Gasteiger partial charge in [0.25, 0.3) is 0 Å². The third kappa shape index (κ3) is 4.73. The molecule has 0 saturated carbocycles. The fourth-order valence-electron chi connectivity index (χ4n) is 2.80. The van der Waals surface area contributed by atoms with Crippen molar-refractivity contribution in [2.24, 2.45) is 0 Å². The summed E-state index contributed by atoms with van der Waals surface area (Å²) in [7, 11) is 0. The first-order valence-corrected chi connectivity index (χ1v) is 8.73. The van der Waals surface area contributed by atoms with Crippen LogP contribution >= 0.6 is 0 Å². The molecule has 0 spiro atoms. The summed E-state index contributed by atoms with van der Waals surface area (Å²) in [4.78, 5) is 13.8. The number of carbonyl (C=O) groups is 1. The molecule has 0 bridgehead atoms. The van der Waals surface area contributed by atoms with Crippen molar-refractivity contribution in [1.82, 2.24) is 10.2 Å². The maximum atomic E-state index is 12.1. The molecule has 1 amide bonds. The number of ether oxygens (including phenoxy) is 2. The van der Waals surface area contributed by atoms with Gasteiger partial charge in [0, 0.05) is 26.2 Å². The van der Waals surface area contributed by atoms with Gasteiger partial charge in [0.05, 0.1) is 0 Å². The smallest absolute Gasteiger partial charge is 0.410 e. The summed E-state index contributed by atoms with van der Waals surface area (Å²) >= 11 is 0. The van der Waals surface area contributed by atoms with Crippen molar-refractivity contribution in [3.05, 3.63) is 59.7 Å². The van der Waals surface area contributed by atoms with Gasteiger partial charge in [-0.15, -0.1) is 0 Å². The number of nitrogens with one attached hydrogen (secondary N) is 1. The van der Waals surface area contributed by atoms with Crippen LogP contribution < -0.4 is 10.1 Å². The molecule has 1 fully saturated rings. The minimum absolute atomic E-state index is 0.245. The number of para-hydroxylation sites is 1. The first-order valence-electron chi connectivity index (χ1n) is 8.73. The van der Waals surface area contributed by atoms with Crippen molar-refractivity contribution in [2.75, 3.05) is 26.2 Å². The maximum Gasteiger partial charge on any atom is 0.410 e. The zero-order valence-corrected chi connectivity index (χ0v) is 14.5. The molecule has 0 atom stereocenters. The molecule has 5 heteroatoms. The number of nitrogens with zero attached hydrogens (tertiary/aromatic N) is 1. The first-order chi connectivity index (χ1) is 12.3. The molecule has 0 unspecified atom stereocenters. The second-order valence-corrected chi connectivity index (χ2v) is 6.00. The van der Waals surface area contributed by atoms with Crippen molar-refractivity contribution in [3.63, 3.8) is 0 Å². The van der Waals surface area contributed by atoms with Crippen LogP contribution in [-0.2, 0) is 17.8 Å². The number of piperazine rings is 1. The Morgan fingerprint density at radius 2 is 1.92 bits per heavy atom. The van der Waals surface area contributed by atoms with E-state index in [-0.39, 0.29) is 12.7 Å². The Labute approximate surface area is 148 Å². The van der Waals surface area contributed by atoms with Gasteiger partial charge in [-0.25, -0.2) is 4.79 Å². The molecule has 1 N–H and O–H groups in total. The van der Waals surface area contributed by atoms with Gasteiger partial charge in [0.1, 0.15) is 18.1 Å². The lowest BCUT2D eigenvalue weighted by Gasteiger charge is -2.26. The van der Waals surface area contributed by atoms with Crippen LogP contribution in [0.1, 0.15) is 18.1 Å². The van der Waals surface area contributed by atoms with Crippen LogP contribution in [0, 0.1) is 0 Å². The van der Waals surface area contributed by atoms with Crippen molar-refractivity contribution < 1.29 is 14.3 Å². The van der Waals surface area contributed by atoms with Crippen LogP contribution in [0.3, 0.4) is 0 Å². The highest BCUT2D eigenvalue weighted by molar-refractivity contribution is 5.67. The molecule has 0 aliphatic carbocycles. The lowest BCUT2D eigenvalue weighted by atomic mass is 10.1. The number of rotatable bonds is 5. The van der Waals surface area contributed by atoms with Gasteiger partial charge in [0.15, 0.2) is 0 Å². The predicted octanol–water partition coefficient (Wildman–Crippen LogP) is 3.58. The van der Waals surface area contributed by atoms with Crippen LogP contribution in [-0.4, -0.2) is 37.2 Å². The van der Waals surface area contributed by atoms with Crippen molar-refractivity contribution in [1.29, 1.82) is 0 Å². The Hall–Kier alpha value is -2.53.